The number of carbonyl (C=O) groups excluding carboxylic acids is 2. The molecule has 0 radical (unpaired) electrons. The lowest BCUT2D eigenvalue weighted by Gasteiger charge is -2.19. The highest BCUT2D eigenvalue weighted by Crippen LogP contribution is 2.32. The lowest BCUT2D eigenvalue weighted by molar-refractivity contribution is -0.141. The summed E-state index contributed by atoms with van der Waals surface area (Å²) in [4.78, 5) is 29.0. The molecule has 2 aromatic carbocycles. The summed E-state index contributed by atoms with van der Waals surface area (Å²) in [5.74, 6) is 0.640. The number of hydrogen-bond donors (Lipinski definition) is 1. The highest BCUT2D eigenvalue weighted by atomic mass is 32.2. The average Bonchev–Trinajstić information content (AvgIpc) is 3.19. The van der Waals surface area contributed by atoms with Crippen LogP contribution in [0.3, 0.4) is 0 Å². The van der Waals surface area contributed by atoms with E-state index in [-0.39, 0.29) is 18.1 Å². The number of carbonyl (C=O) groups is 2. The van der Waals surface area contributed by atoms with E-state index in [0.717, 1.165) is 20.1 Å². The predicted molar refractivity (Wildman–Crippen MR) is 117 cm³/mol. The fourth-order valence-electron chi connectivity index (χ4n) is 2.85. The molecule has 1 N–H and O–H groups in total. The van der Waals surface area contributed by atoms with Gasteiger partial charge in [-0.05, 0) is 29.8 Å². The number of hydrogen-bond acceptors (Lipinski definition) is 8. The van der Waals surface area contributed by atoms with Crippen LogP contribution in [0.15, 0.2) is 46.8 Å². The van der Waals surface area contributed by atoms with Crippen LogP contribution in [0.2, 0.25) is 0 Å². The number of aromatic nitrogens is 1. The monoisotopic (exact) mass is 446 g/mol. The number of para-hydroxylation sites is 1. The second-order valence-corrected chi connectivity index (χ2v) is 8.50. The molecule has 0 saturated carbocycles. The first kappa shape index (κ1) is 21.9. The molecule has 0 aliphatic heterocycles. The molecule has 7 nitrogen and oxygen atoms in total. The third-order valence-corrected chi connectivity index (χ3v) is 6.52. The Labute approximate surface area is 182 Å². The molecule has 3 aromatic rings. The number of esters is 1. The lowest BCUT2D eigenvalue weighted by Crippen LogP contribution is -2.31. The summed E-state index contributed by atoms with van der Waals surface area (Å²) in [6.45, 7) is 0. The van der Waals surface area contributed by atoms with Crippen LogP contribution >= 0.6 is 23.1 Å². The standard InChI is InChI=1S/C21H22N2O5S2/c1-26-16-9-8-13(10-17(16)27-2)15(11-20(25)28-3)22-19(24)12-29-21-23-14-6-4-5-7-18(14)30-21/h4-10,15H,11-12H2,1-3H3,(H,22,24). The highest BCUT2D eigenvalue weighted by Gasteiger charge is 2.21. The van der Waals surface area contributed by atoms with Gasteiger partial charge in [-0.3, -0.25) is 9.59 Å². The van der Waals surface area contributed by atoms with Crippen LogP contribution in [0, 0.1) is 0 Å². The maximum absolute atomic E-state index is 12.6. The van der Waals surface area contributed by atoms with E-state index in [4.69, 9.17) is 14.2 Å². The van der Waals surface area contributed by atoms with Gasteiger partial charge in [-0.25, -0.2) is 4.98 Å². The van der Waals surface area contributed by atoms with Gasteiger partial charge in [0.1, 0.15) is 0 Å². The van der Waals surface area contributed by atoms with Crippen LogP contribution in [0.4, 0.5) is 0 Å². The Balaban J connectivity index is 1.70. The van der Waals surface area contributed by atoms with Gasteiger partial charge in [0.25, 0.3) is 0 Å². The van der Waals surface area contributed by atoms with Gasteiger partial charge < -0.3 is 19.5 Å². The van der Waals surface area contributed by atoms with E-state index in [1.165, 1.54) is 26.0 Å². The number of fused-ring (bicyclic) bond motifs is 1. The molecule has 3 rings (SSSR count). The molecule has 0 fully saturated rings. The van der Waals surface area contributed by atoms with Crippen LogP contribution in [0.5, 0.6) is 11.5 Å². The quantitative estimate of drug-likeness (QED) is 0.395. The summed E-state index contributed by atoms with van der Waals surface area (Å²) in [5, 5.41) is 2.91. The van der Waals surface area contributed by atoms with Crippen molar-refractivity contribution in [1.29, 1.82) is 0 Å². The van der Waals surface area contributed by atoms with Crippen molar-refractivity contribution in [2.75, 3.05) is 27.1 Å². The first-order valence-corrected chi connectivity index (χ1v) is 10.9. The summed E-state index contributed by atoms with van der Waals surface area (Å²) in [6.07, 6.45) is 0.00350. The number of thioether (sulfide) groups is 1. The van der Waals surface area contributed by atoms with Crippen molar-refractivity contribution in [1.82, 2.24) is 10.3 Å². The average molecular weight is 447 g/mol. The van der Waals surface area contributed by atoms with Crippen molar-refractivity contribution in [3.63, 3.8) is 0 Å². The molecule has 1 unspecified atom stereocenters. The van der Waals surface area contributed by atoms with E-state index in [9.17, 15) is 9.59 Å². The smallest absolute Gasteiger partial charge is 0.307 e. The minimum absolute atomic E-state index is 0.00350. The normalized spacial score (nSPS) is 11.7. The maximum Gasteiger partial charge on any atom is 0.307 e. The lowest BCUT2D eigenvalue weighted by atomic mass is 10.0. The number of methoxy groups -OCH3 is 3. The first-order chi connectivity index (χ1) is 14.5. The zero-order chi connectivity index (χ0) is 21.5. The molecule has 0 aliphatic carbocycles. The Hall–Kier alpha value is -2.78. The van der Waals surface area contributed by atoms with Crippen molar-refractivity contribution in [2.24, 2.45) is 0 Å². The van der Waals surface area contributed by atoms with Crippen molar-refractivity contribution in [3.05, 3.63) is 48.0 Å². The van der Waals surface area contributed by atoms with Gasteiger partial charge in [-0.15, -0.1) is 11.3 Å². The number of nitrogens with one attached hydrogen (secondary N) is 1. The van der Waals surface area contributed by atoms with E-state index < -0.39 is 12.0 Å². The van der Waals surface area contributed by atoms with Crippen LogP contribution < -0.4 is 14.8 Å². The molecule has 1 heterocycles. The van der Waals surface area contributed by atoms with E-state index in [1.807, 2.05) is 24.3 Å². The number of thiazole rings is 1. The molecule has 0 saturated heterocycles. The second kappa shape index (κ2) is 10.3. The van der Waals surface area contributed by atoms with Crippen LogP contribution in [-0.2, 0) is 14.3 Å². The van der Waals surface area contributed by atoms with E-state index in [0.29, 0.717) is 11.5 Å². The SMILES string of the molecule is COC(=O)CC(NC(=O)CSc1nc2ccccc2s1)c1ccc(OC)c(OC)c1. The summed E-state index contributed by atoms with van der Waals surface area (Å²) >= 11 is 2.91. The Morgan fingerprint density at radius 3 is 2.57 bits per heavy atom. The Morgan fingerprint density at radius 2 is 1.87 bits per heavy atom. The molecule has 158 valence electrons. The van der Waals surface area contributed by atoms with Gasteiger partial charge in [-0.1, -0.05) is 30.0 Å². The topological polar surface area (TPSA) is 86.8 Å². The number of amides is 1. The molecule has 1 amide bonds. The van der Waals surface area contributed by atoms with E-state index in [2.05, 4.69) is 10.3 Å². The fraction of sp³-hybridized carbons (Fsp3) is 0.286. The molecular formula is C21H22N2O5S2. The first-order valence-electron chi connectivity index (χ1n) is 9.10. The highest BCUT2D eigenvalue weighted by molar-refractivity contribution is 8.01. The molecule has 0 bridgehead atoms. The number of rotatable bonds is 9. The molecule has 9 heteroatoms. The zero-order valence-corrected chi connectivity index (χ0v) is 18.5. The minimum atomic E-state index is -0.555. The fourth-order valence-corrected chi connectivity index (χ4v) is 4.73. The van der Waals surface area contributed by atoms with E-state index in [1.54, 1.807) is 36.6 Å². The summed E-state index contributed by atoms with van der Waals surface area (Å²) in [7, 11) is 4.40. The summed E-state index contributed by atoms with van der Waals surface area (Å²) in [6, 6.07) is 12.6. The van der Waals surface area contributed by atoms with Crippen molar-refractivity contribution < 1.29 is 23.8 Å². The van der Waals surface area contributed by atoms with E-state index >= 15 is 0 Å². The van der Waals surface area contributed by atoms with Crippen LogP contribution in [-0.4, -0.2) is 43.9 Å². The van der Waals surface area contributed by atoms with Gasteiger partial charge >= 0.3 is 5.97 Å². The third kappa shape index (κ3) is 5.43. The van der Waals surface area contributed by atoms with Crippen molar-refractivity contribution in [2.45, 2.75) is 16.8 Å². The third-order valence-electron chi connectivity index (χ3n) is 4.34. The molecular weight excluding hydrogens is 424 g/mol. The Bertz CT molecular complexity index is 1000. The van der Waals surface area contributed by atoms with Crippen molar-refractivity contribution >= 4 is 45.2 Å². The number of benzene rings is 2. The Morgan fingerprint density at radius 1 is 1.10 bits per heavy atom. The number of nitrogens with zero attached hydrogens (tertiary/aromatic N) is 1. The largest absolute Gasteiger partial charge is 0.493 e. The van der Waals surface area contributed by atoms with Gasteiger partial charge in [0.05, 0.1) is 49.8 Å². The maximum atomic E-state index is 12.6. The van der Waals surface area contributed by atoms with Gasteiger partial charge in [-0.2, -0.15) is 0 Å². The van der Waals surface area contributed by atoms with Gasteiger partial charge in [0.2, 0.25) is 5.91 Å². The molecule has 0 aliphatic rings. The Kier molecular flexibility index (Phi) is 7.53. The minimum Gasteiger partial charge on any atom is -0.493 e. The molecule has 30 heavy (non-hydrogen) atoms. The molecule has 1 atom stereocenters. The summed E-state index contributed by atoms with van der Waals surface area (Å²) < 4.78 is 17.3. The van der Waals surface area contributed by atoms with Crippen LogP contribution in [0.1, 0.15) is 18.0 Å². The molecule has 1 aromatic heterocycles. The van der Waals surface area contributed by atoms with Crippen molar-refractivity contribution in [3.8, 4) is 11.5 Å². The predicted octanol–water partition coefficient (Wildman–Crippen LogP) is 3.83. The van der Waals surface area contributed by atoms with Gasteiger partial charge in [0.15, 0.2) is 15.8 Å². The summed E-state index contributed by atoms with van der Waals surface area (Å²) in [5.41, 5.74) is 1.63. The molecule has 0 spiro atoms. The second-order valence-electron chi connectivity index (χ2n) is 6.25. The number of ether oxygens (including phenoxy) is 3. The van der Waals surface area contributed by atoms with Gasteiger partial charge in [0, 0.05) is 0 Å². The zero-order valence-electron chi connectivity index (χ0n) is 16.8. The van der Waals surface area contributed by atoms with Crippen LogP contribution in [0.25, 0.3) is 10.2 Å².